The lowest BCUT2D eigenvalue weighted by atomic mass is 10.1. The lowest BCUT2D eigenvalue weighted by Gasteiger charge is -2.22. The smallest absolute Gasteiger partial charge is 0.356 e. The number of hydrogen-bond acceptors (Lipinski definition) is 6. The van der Waals surface area contributed by atoms with Crippen molar-refractivity contribution in [2.45, 2.75) is 26.9 Å². The van der Waals surface area contributed by atoms with E-state index in [4.69, 9.17) is 13.9 Å². The molecule has 0 saturated carbocycles. The maximum atomic E-state index is 11.9. The largest absolute Gasteiger partial charge is 0.478 e. The summed E-state index contributed by atoms with van der Waals surface area (Å²) in [6.45, 7) is 5.52. The molecule has 6 heteroatoms. The third-order valence-electron chi connectivity index (χ3n) is 3.46. The maximum absolute atomic E-state index is 11.9. The van der Waals surface area contributed by atoms with Gasteiger partial charge in [0.1, 0.15) is 11.8 Å². The zero-order valence-electron chi connectivity index (χ0n) is 12.5. The molecule has 1 aliphatic rings. The van der Waals surface area contributed by atoms with E-state index in [1.165, 1.54) is 6.07 Å². The fraction of sp³-hybridized carbons (Fsp3) is 0.312. The van der Waals surface area contributed by atoms with Gasteiger partial charge in [-0.1, -0.05) is 0 Å². The fourth-order valence-electron chi connectivity index (χ4n) is 2.42. The Balaban J connectivity index is 2.20. The molecule has 3 rings (SSSR count). The van der Waals surface area contributed by atoms with Gasteiger partial charge in [-0.25, -0.2) is 14.6 Å². The van der Waals surface area contributed by atoms with Gasteiger partial charge in [-0.3, -0.25) is 0 Å². The van der Waals surface area contributed by atoms with E-state index in [0.29, 0.717) is 17.0 Å². The van der Waals surface area contributed by atoms with Crippen LogP contribution in [-0.4, -0.2) is 24.4 Å². The molecule has 1 atom stereocenters. The summed E-state index contributed by atoms with van der Waals surface area (Å²) in [6, 6.07) is 4.95. The summed E-state index contributed by atoms with van der Waals surface area (Å²) in [5.74, 6) is -0.134. The van der Waals surface area contributed by atoms with Crippen LogP contribution in [0.1, 0.15) is 19.4 Å². The highest BCUT2D eigenvalue weighted by atomic mass is 16.5. The average molecular weight is 301 g/mol. The fourth-order valence-corrected chi connectivity index (χ4v) is 2.42. The predicted molar refractivity (Wildman–Crippen MR) is 81.0 cm³/mol. The Hall–Kier alpha value is -2.63. The first-order chi connectivity index (χ1) is 10.5. The lowest BCUT2D eigenvalue weighted by molar-refractivity contribution is -0.135. The number of carbonyl (C=O) groups excluding carboxylic acids is 1. The molecule has 0 amide bonds. The van der Waals surface area contributed by atoms with Crippen LogP contribution in [0.5, 0.6) is 5.75 Å². The van der Waals surface area contributed by atoms with E-state index < -0.39 is 17.7 Å². The molecule has 6 nitrogen and oxygen atoms in total. The van der Waals surface area contributed by atoms with Gasteiger partial charge in [0.2, 0.25) is 0 Å². The van der Waals surface area contributed by atoms with E-state index in [0.717, 1.165) is 10.9 Å². The summed E-state index contributed by atoms with van der Waals surface area (Å²) in [6.07, 6.45) is -0.581. The standard InChI is InChI=1S/C16H15NO5/c1-4-20-16(19)13-9(3)21-15-11(17-13)6-5-10-8(2)7-12(18)22-14(10)15/h5-7,9H,4H2,1-3H3. The molecule has 1 aromatic carbocycles. The number of nitrogens with zero attached hydrogens (tertiary/aromatic N) is 1. The molecular formula is C16H15NO5. The molecule has 2 aromatic rings. The zero-order valence-corrected chi connectivity index (χ0v) is 12.5. The number of benzene rings is 1. The van der Waals surface area contributed by atoms with E-state index in [1.807, 2.05) is 6.92 Å². The van der Waals surface area contributed by atoms with E-state index in [9.17, 15) is 9.59 Å². The number of esters is 1. The van der Waals surface area contributed by atoms with Crippen molar-refractivity contribution in [3.63, 3.8) is 0 Å². The number of hydrogen-bond donors (Lipinski definition) is 0. The monoisotopic (exact) mass is 301 g/mol. The van der Waals surface area contributed by atoms with Crippen LogP contribution in [0.4, 0.5) is 5.69 Å². The van der Waals surface area contributed by atoms with Gasteiger partial charge < -0.3 is 13.9 Å². The van der Waals surface area contributed by atoms with Gasteiger partial charge in [-0.2, -0.15) is 0 Å². The Kier molecular flexibility index (Phi) is 3.44. The summed E-state index contributed by atoms with van der Waals surface area (Å²) < 4.78 is 16.0. The summed E-state index contributed by atoms with van der Waals surface area (Å²) in [4.78, 5) is 27.8. The van der Waals surface area contributed by atoms with Crippen molar-refractivity contribution < 1.29 is 18.7 Å². The molecule has 22 heavy (non-hydrogen) atoms. The topological polar surface area (TPSA) is 78.1 Å². The maximum Gasteiger partial charge on any atom is 0.356 e. The molecule has 2 heterocycles. The second kappa shape index (κ2) is 5.29. The van der Waals surface area contributed by atoms with Crippen LogP contribution in [0.2, 0.25) is 0 Å². The van der Waals surface area contributed by atoms with Crippen molar-refractivity contribution in [1.29, 1.82) is 0 Å². The van der Waals surface area contributed by atoms with Gasteiger partial charge in [0.15, 0.2) is 17.0 Å². The predicted octanol–water partition coefficient (Wildman–Crippen LogP) is 2.52. The molecule has 1 aromatic heterocycles. The van der Waals surface area contributed by atoms with E-state index >= 15 is 0 Å². The second-order valence-corrected chi connectivity index (χ2v) is 5.02. The number of aryl methyl sites for hydroxylation is 1. The van der Waals surface area contributed by atoms with Crippen LogP contribution < -0.4 is 10.4 Å². The highest BCUT2D eigenvalue weighted by Gasteiger charge is 2.29. The van der Waals surface area contributed by atoms with Crippen LogP contribution in [0.15, 0.2) is 32.4 Å². The van der Waals surface area contributed by atoms with Gasteiger partial charge in [0.05, 0.1) is 6.61 Å². The quantitative estimate of drug-likeness (QED) is 0.629. The van der Waals surface area contributed by atoms with Crippen molar-refractivity contribution in [2.75, 3.05) is 6.61 Å². The molecule has 0 saturated heterocycles. The summed E-state index contributed by atoms with van der Waals surface area (Å²) in [5.41, 5.74) is 1.34. The molecule has 0 fully saturated rings. The Bertz CT molecular complexity index is 849. The summed E-state index contributed by atoms with van der Waals surface area (Å²) in [7, 11) is 0. The van der Waals surface area contributed by atoms with Crippen molar-refractivity contribution in [3.8, 4) is 5.75 Å². The van der Waals surface area contributed by atoms with E-state index in [2.05, 4.69) is 4.99 Å². The highest BCUT2D eigenvalue weighted by molar-refractivity contribution is 6.39. The van der Waals surface area contributed by atoms with Crippen molar-refractivity contribution >= 4 is 28.3 Å². The minimum absolute atomic E-state index is 0.198. The third kappa shape index (κ3) is 2.26. The molecule has 1 aliphatic heterocycles. The Morgan fingerprint density at radius 2 is 2.18 bits per heavy atom. The number of ether oxygens (including phenoxy) is 2. The summed E-state index contributed by atoms with van der Waals surface area (Å²) >= 11 is 0. The number of fused-ring (bicyclic) bond motifs is 3. The molecule has 0 spiro atoms. The van der Waals surface area contributed by atoms with Crippen LogP contribution in [0.3, 0.4) is 0 Å². The number of rotatable bonds is 2. The van der Waals surface area contributed by atoms with Crippen LogP contribution in [0.25, 0.3) is 11.0 Å². The molecule has 0 aliphatic carbocycles. The Labute approximate surface area is 126 Å². The zero-order chi connectivity index (χ0) is 15.9. The first kappa shape index (κ1) is 14.3. The van der Waals surface area contributed by atoms with Crippen molar-refractivity contribution in [2.24, 2.45) is 4.99 Å². The molecule has 114 valence electrons. The highest BCUT2D eigenvalue weighted by Crippen LogP contribution is 2.39. The molecular weight excluding hydrogens is 286 g/mol. The Morgan fingerprint density at radius 1 is 1.41 bits per heavy atom. The normalized spacial score (nSPS) is 16.7. The number of carbonyl (C=O) groups is 1. The molecule has 0 bridgehead atoms. The molecule has 1 unspecified atom stereocenters. The SMILES string of the molecule is CCOC(=O)C1=Nc2ccc3c(C)cc(=O)oc3c2OC1C. The lowest BCUT2D eigenvalue weighted by Crippen LogP contribution is -2.34. The minimum atomic E-state index is -0.581. The first-order valence-corrected chi connectivity index (χ1v) is 7.01. The van der Waals surface area contributed by atoms with Gasteiger partial charge in [-0.15, -0.1) is 0 Å². The van der Waals surface area contributed by atoms with Gasteiger partial charge in [-0.05, 0) is 38.5 Å². The van der Waals surface area contributed by atoms with E-state index in [-0.39, 0.29) is 12.3 Å². The number of aliphatic imine (C=N–C) groups is 1. The van der Waals surface area contributed by atoms with Crippen molar-refractivity contribution in [1.82, 2.24) is 0 Å². The minimum Gasteiger partial charge on any atom is -0.478 e. The average Bonchev–Trinajstić information content (AvgIpc) is 2.46. The van der Waals surface area contributed by atoms with Crippen LogP contribution in [0, 0.1) is 6.92 Å². The van der Waals surface area contributed by atoms with E-state index in [1.54, 1.807) is 26.0 Å². The van der Waals surface area contributed by atoms with Crippen molar-refractivity contribution in [3.05, 3.63) is 34.2 Å². The third-order valence-corrected chi connectivity index (χ3v) is 3.46. The van der Waals surface area contributed by atoms with Crippen LogP contribution >= 0.6 is 0 Å². The van der Waals surface area contributed by atoms with Gasteiger partial charge >= 0.3 is 11.6 Å². The molecule has 0 radical (unpaired) electrons. The Morgan fingerprint density at radius 3 is 2.91 bits per heavy atom. The van der Waals surface area contributed by atoms with Crippen LogP contribution in [-0.2, 0) is 9.53 Å². The summed E-state index contributed by atoms with van der Waals surface area (Å²) in [5, 5.41) is 0.778. The van der Waals surface area contributed by atoms with Gasteiger partial charge in [0.25, 0.3) is 0 Å². The first-order valence-electron chi connectivity index (χ1n) is 7.01. The van der Waals surface area contributed by atoms with Gasteiger partial charge in [0, 0.05) is 11.5 Å². The second-order valence-electron chi connectivity index (χ2n) is 5.02. The molecule has 0 N–H and O–H groups in total.